The number of hydrogen-bond acceptors (Lipinski definition) is 3. The zero-order valence-corrected chi connectivity index (χ0v) is 16.2. The molecule has 156 valence electrons. The Morgan fingerprint density at radius 1 is 1.07 bits per heavy atom. The topological polar surface area (TPSA) is 99.3 Å². The molecule has 0 aliphatic carbocycles. The molecule has 0 saturated carbocycles. The molecule has 0 bridgehead atoms. The van der Waals surface area contributed by atoms with E-state index < -0.39 is 6.04 Å². The smallest absolute Gasteiger partial charge is 0.254 e. The van der Waals surface area contributed by atoms with Crippen molar-refractivity contribution in [2.24, 2.45) is 11.7 Å². The molecule has 1 aliphatic rings. The Morgan fingerprint density at radius 2 is 1.52 bits per heavy atom. The van der Waals surface area contributed by atoms with E-state index in [9.17, 15) is 9.59 Å². The van der Waals surface area contributed by atoms with Crippen LogP contribution < -0.4 is 11.1 Å². The van der Waals surface area contributed by atoms with Crippen molar-refractivity contribution >= 4 is 17.6 Å². The number of nitrogen functional groups attached to an aromatic ring is 1. The van der Waals surface area contributed by atoms with Gasteiger partial charge in [-0.15, -0.1) is 0 Å². The van der Waals surface area contributed by atoms with E-state index >= 15 is 0 Å². The summed E-state index contributed by atoms with van der Waals surface area (Å²) in [5.41, 5.74) is 6.47. The summed E-state index contributed by atoms with van der Waals surface area (Å²) in [7, 11) is 1.58. The van der Waals surface area contributed by atoms with E-state index in [1.165, 1.54) is 0 Å². The molecule has 27 heavy (non-hydrogen) atoms. The minimum atomic E-state index is -0.412. The first-order valence-electron chi connectivity index (χ1n) is 8.91. The molecule has 0 spiro atoms. The van der Waals surface area contributed by atoms with Crippen molar-refractivity contribution < 1.29 is 9.59 Å². The molecule has 4 N–H and O–H groups in total. The number of nitrogens with one attached hydrogen (secondary N) is 2. The predicted octanol–water partition coefficient (Wildman–Crippen LogP) is 3.89. The summed E-state index contributed by atoms with van der Waals surface area (Å²) in [5.74, 6) is -0.0316. The minimum Gasteiger partial charge on any atom is -0.384 e. The second-order valence-corrected chi connectivity index (χ2v) is 5.42. The lowest BCUT2D eigenvalue weighted by Crippen LogP contribution is -2.44. The highest BCUT2D eigenvalue weighted by atomic mass is 16.2. The van der Waals surface area contributed by atoms with E-state index in [-0.39, 0.29) is 32.5 Å². The number of likely N-dealkylation sites (N-methyl/N-ethyl adjacent to an activating group) is 1. The molecule has 1 aromatic rings. The highest BCUT2D eigenvalue weighted by Crippen LogP contribution is 2.25. The largest absolute Gasteiger partial charge is 0.384 e. The zero-order chi connectivity index (χ0) is 19.6. The van der Waals surface area contributed by atoms with Crippen LogP contribution in [0.5, 0.6) is 0 Å². The number of benzene rings is 1. The van der Waals surface area contributed by atoms with Gasteiger partial charge in [-0.3, -0.25) is 15.0 Å². The van der Waals surface area contributed by atoms with Gasteiger partial charge in [0.15, 0.2) is 0 Å². The third kappa shape index (κ3) is 7.81. The van der Waals surface area contributed by atoms with Gasteiger partial charge in [-0.1, -0.05) is 61.6 Å². The molecule has 6 heteroatoms. The molecular weight excluding hydrogens is 340 g/mol. The predicted molar refractivity (Wildman–Crippen MR) is 116 cm³/mol. The number of amidine groups is 1. The average molecular weight is 381 g/mol. The van der Waals surface area contributed by atoms with Crippen LogP contribution in [0.15, 0.2) is 24.3 Å². The molecular formula is C21H40N4O2. The van der Waals surface area contributed by atoms with Crippen LogP contribution in [0.4, 0.5) is 0 Å². The summed E-state index contributed by atoms with van der Waals surface area (Å²) in [4.78, 5) is 26.1. The second kappa shape index (κ2) is 14.8. The highest BCUT2D eigenvalue weighted by Gasteiger charge is 2.37. The first-order chi connectivity index (χ1) is 11.9. The van der Waals surface area contributed by atoms with Gasteiger partial charge in [-0.25, -0.2) is 0 Å². The van der Waals surface area contributed by atoms with Gasteiger partial charge in [0, 0.05) is 24.7 Å². The number of amides is 2. The van der Waals surface area contributed by atoms with Gasteiger partial charge in [0.25, 0.3) is 5.91 Å². The Balaban J connectivity index is -0.000000899. The summed E-state index contributed by atoms with van der Waals surface area (Å²) in [6.07, 6.45) is 0.678. The molecule has 2 rings (SSSR count). The van der Waals surface area contributed by atoms with Gasteiger partial charge in [0.05, 0.1) is 0 Å². The van der Waals surface area contributed by atoms with E-state index in [1.54, 1.807) is 36.2 Å². The van der Waals surface area contributed by atoms with Gasteiger partial charge >= 0.3 is 0 Å². The van der Waals surface area contributed by atoms with Gasteiger partial charge in [-0.05, 0) is 24.5 Å². The fourth-order valence-corrected chi connectivity index (χ4v) is 2.64. The van der Waals surface area contributed by atoms with Crippen LogP contribution in [0.25, 0.3) is 0 Å². The van der Waals surface area contributed by atoms with Crippen LogP contribution >= 0.6 is 0 Å². The average Bonchev–Trinajstić information content (AvgIpc) is 3.05. The van der Waals surface area contributed by atoms with Crippen molar-refractivity contribution in [1.82, 2.24) is 10.2 Å². The van der Waals surface area contributed by atoms with Crippen LogP contribution in [0, 0.1) is 11.3 Å². The monoisotopic (exact) mass is 380 g/mol. The van der Waals surface area contributed by atoms with Gasteiger partial charge in [0.1, 0.15) is 11.9 Å². The van der Waals surface area contributed by atoms with Crippen molar-refractivity contribution in [3.8, 4) is 0 Å². The molecule has 6 nitrogen and oxygen atoms in total. The molecule has 0 radical (unpaired) electrons. The summed E-state index contributed by atoms with van der Waals surface area (Å²) >= 11 is 0. The number of carbonyl (C=O) groups excluding carboxylic acids is 2. The zero-order valence-electron chi connectivity index (χ0n) is 16.2. The number of nitrogens with zero attached hydrogens (tertiary/aromatic N) is 1. The molecule has 2 amide bonds. The molecule has 1 heterocycles. The molecule has 1 aromatic carbocycles. The highest BCUT2D eigenvalue weighted by molar-refractivity contribution is 6.00. The number of hydrogen-bond donors (Lipinski definition) is 3. The lowest BCUT2D eigenvalue weighted by Gasteiger charge is -2.23. The second-order valence-electron chi connectivity index (χ2n) is 5.42. The molecule has 1 saturated heterocycles. The number of likely N-dealkylation sites (tertiary alicyclic amines) is 1. The normalized spacial score (nSPS) is 16.9. The molecule has 2 atom stereocenters. The summed E-state index contributed by atoms with van der Waals surface area (Å²) in [6.45, 7) is 10.6. The SMILES string of the molecule is C.C.CC.CC.CNC(=O)C1CC(C)CN1C(=O)c1ccc(C(=N)N)cc1. The third-order valence-electron chi connectivity index (χ3n) is 3.76. The van der Waals surface area contributed by atoms with Crippen molar-refractivity contribution in [2.45, 2.75) is 61.9 Å². The maximum absolute atomic E-state index is 12.6. The standard InChI is InChI=1S/C15H20N4O2.2C2H6.2CH4/c1-9-7-12(14(20)18-2)19(8-9)15(21)11-5-3-10(4-6-11)13(16)17;2*1-2;;/h3-6,9,12H,7-8H2,1-2H3,(H3,16,17)(H,18,20);2*1-2H3;2*1H4. The van der Waals surface area contributed by atoms with Crippen molar-refractivity contribution in [3.05, 3.63) is 35.4 Å². The van der Waals surface area contributed by atoms with Gasteiger partial charge < -0.3 is 16.0 Å². The Morgan fingerprint density at radius 3 is 1.93 bits per heavy atom. The maximum Gasteiger partial charge on any atom is 0.254 e. The summed E-state index contributed by atoms with van der Waals surface area (Å²) in [6, 6.07) is 6.16. The molecule has 2 unspecified atom stereocenters. The summed E-state index contributed by atoms with van der Waals surface area (Å²) in [5, 5.41) is 9.96. The van der Waals surface area contributed by atoms with E-state index in [0.717, 1.165) is 0 Å². The lowest BCUT2D eigenvalue weighted by molar-refractivity contribution is -0.124. The van der Waals surface area contributed by atoms with E-state index in [2.05, 4.69) is 5.32 Å². The van der Waals surface area contributed by atoms with Crippen LogP contribution in [0.1, 0.15) is 71.8 Å². The Bertz CT molecular complexity index is 570. The fraction of sp³-hybridized carbons (Fsp3) is 0.571. The maximum atomic E-state index is 12.6. The van der Waals surface area contributed by atoms with Gasteiger partial charge in [-0.2, -0.15) is 0 Å². The van der Waals surface area contributed by atoms with E-state index in [1.807, 2.05) is 34.6 Å². The third-order valence-corrected chi connectivity index (χ3v) is 3.76. The van der Waals surface area contributed by atoms with Crippen LogP contribution in [0.2, 0.25) is 0 Å². The quantitative estimate of drug-likeness (QED) is 0.548. The first kappa shape index (κ1) is 29.4. The Hall–Kier alpha value is -2.37. The van der Waals surface area contributed by atoms with Crippen molar-refractivity contribution in [1.29, 1.82) is 5.41 Å². The number of nitrogens with two attached hydrogens (primary N) is 1. The van der Waals surface area contributed by atoms with Crippen molar-refractivity contribution in [3.63, 3.8) is 0 Å². The molecule has 1 aliphatic heterocycles. The summed E-state index contributed by atoms with van der Waals surface area (Å²) < 4.78 is 0. The minimum absolute atomic E-state index is 0. The molecule has 0 aromatic heterocycles. The number of carbonyl (C=O) groups is 2. The van der Waals surface area contributed by atoms with Gasteiger partial charge in [0.2, 0.25) is 5.91 Å². The first-order valence-corrected chi connectivity index (χ1v) is 8.91. The fourth-order valence-electron chi connectivity index (χ4n) is 2.64. The van der Waals surface area contributed by atoms with Crippen molar-refractivity contribution in [2.75, 3.05) is 13.6 Å². The van der Waals surface area contributed by atoms with E-state index in [0.29, 0.717) is 30.0 Å². The lowest BCUT2D eigenvalue weighted by atomic mass is 10.1. The Labute approximate surface area is 166 Å². The van der Waals surface area contributed by atoms with E-state index in [4.69, 9.17) is 11.1 Å². The Kier molecular flexibility index (Phi) is 16.1. The molecule has 1 fully saturated rings. The van der Waals surface area contributed by atoms with Crippen LogP contribution in [0.3, 0.4) is 0 Å². The number of rotatable bonds is 3. The van der Waals surface area contributed by atoms with Crippen LogP contribution in [-0.4, -0.2) is 42.2 Å². The van der Waals surface area contributed by atoms with Crippen LogP contribution in [-0.2, 0) is 4.79 Å².